The summed E-state index contributed by atoms with van der Waals surface area (Å²) >= 11 is 0. The van der Waals surface area contributed by atoms with Gasteiger partial charge in [0.15, 0.2) is 0 Å². The first kappa shape index (κ1) is 33.6. The molecule has 3 amide bonds. The van der Waals surface area contributed by atoms with Gasteiger partial charge in [-0.25, -0.2) is 4.79 Å². The highest BCUT2D eigenvalue weighted by atomic mass is 19.4. The second kappa shape index (κ2) is 12.2. The molecule has 2 N–H and O–H groups in total. The topological polar surface area (TPSA) is 84.3 Å². The van der Waals surface area contributed by atoms with Gasteiger partial charge >= 0.3 is 18.4 Å². The Morgan fingerprint density at radius 3 is 2.05 bits per heavy atom. The number of rotatable bonds is 7. The minimum atomic E-state index is -5.03. The number of benzene rings is 2. The Balaban J connectivity index is 1.76. The van der Waals surface area contributed by atoms with Crippen molar-refractivity contribution in [3.05, 3.63) is 69.8 Å². The highest BCUT2D eigenvalue weighted by Gasteiger charge is 2.56. The van der Waals surface area contributed by atoms with Gasteiger partial charge < -0.3 is 24.9 Å². The molecule has 2 aromatic carbocycles. The van der Waals surface area contributed by atoms with E-state index in [1.54, 1.807) is 4.90 Å². The molecule has 7 nitrogen and oxygen atoms in total. The highest BCUT2D eigenvalue weighted by molar-refractivity contribution is 5.86. The van der Waals surface area contributed by atoms with Crippen molar-refractivity contribution in [1.82, 2.24) is 14.7 Å². The number of nitrogens with zero attached hydrogens (tertiary/aromatic N) is 3. The number of aliphatic hydroxyl groups is 2. The van der Waals surface area contributed by atoms with Crippen molar-refractivity contribution in [3.8, 4) is 0 Å². The average Bonchev–Trinajstić information content (AvgIpc) is 3.21. The molecule has 0 aliphatic carbocycles. The van der Waals surface area contributed by atoms with E-state index >= 15 is 0 Å². The van der Waals surface area contributed by atoms with Crippen molar-refractivity contribution >= 4 is 11.9 Å². The average molecular weight is 630 g/mol. The molecule has 2 aliphatic heterocycles. The maximum atomic E-state index is 14.1. The summed E-state index contributed by atoms with van der Waals surface area (Å²) in [5.74, 6) is -0.224. The number of halogens is 6. The summed E-state index contributed by atoms with van der Waals surface area (Å²) in [6.07, 6.45) is -9.57. The highest BCUT2D eigenvalue weighted by Crippen LogP contribution is 2.49. The maximum absolute atomic E-state index is 14.1. The Hall–Kier alpha value is -3.32. The number of urea groups is 1. The normalized spacial score (nSPS) is 21.0. The first-order valence-corrected chi connectivity index (χ1v) is 14.4. The first-order valence-electron chi connectivity index (χ1n) is 14.4. The van der Waals surface area contributed by atoms with Gasteiger partial charge in [-0.15, -0.1) is 0 Å². The third-order valence-electron chi connectivity index (χ3n) is 9.14. The van der Waals surface area contributed by atoms with Crippen molar-refractivity contribution < 1.29 is 46.1 Å². The lowest BCUT2D eigenvalue weighted by Crippen LogP contribution is -2.57. The van der Waals surface area contributed by atoms with Crippen LogP contribution in [0.1, 0.15) is 71.7 Å². The van der Waals surface area contributed by atoms with Crippen LogP contribution in [0.3, 0.4) is 0 Å². The first-order chi connectivity index (χ1) is 20.4. The predicted octanol–water partition coefficient (Wildman–Crippen LogP) is 5.86. The fraction of sp³-hybridized carbons (Fsp3) is 0.548. The van der Waals surface area contributed by atoms with Gasteiger partial charge in [0.1, 0.15) is 0 Å². The van der Waals surface area contributed by atoms with Gasteiger partial charge in [-0.05, 0) is 74.9 Å². The number of amides is 3. The molecule has 44 heavy (non-hydrogen) atoms. The molecular formula is C31H37F6N3O4. The molecule has 2 heterocycles. The maximum Gasteiger partial charge on any atom is 0.416 e. The van der Waals surface area contributed by atoms with Gasteiger partial charge in [0, 0.05) is 33.4 Å². The quantitative estimate of drug-likeness (QED) is 0.376. The number of hydrogen-bond donors (Lipinski definition) is 2. The Bertz CT molecular complexity index is 1360. The van der Waals surface area contributed by atoms with Gasteiger partial charge in [0.05, 0.1) is 34.7 Å². The van der Waals surface area contributed by atoms with Crippen LogP contribution in [0.5, 0.6) is 0 Å². The lowest BCUT2D eigenvalue weighted by Gasteiger charge is -2.47. The molecule has 2 fully saturated rings. The molecule has 3 atom stereocenters. The third kappa shape index (κ3) is 6.26. The predicted molar refractivity (Wildman–Crippen MR) is 149 cm³/mol. The molecule has 0 bridgehead atoms. The van der Waals surface area contributed by atoms with E-state index in [0.717, 1.165) is 21.6 Å². The summed E-state index contributed by atoms with van der Waals surface area (Å²) in [7, 11) is 1.33. The monoisotopic (exact) mass is 629 g/mol. The van der Waals surface area contributed by atoms with Gasteiger partial charge in [-0.2, -0.15) is 26.3 Å². The Kier molecular flexibility index (Phi) is 9.33. The van der Waals surface area contributed by atoms with E-state index in [-0.39, 0.29) is 63.1 Å². The van der Waals surface area contributed by atoms with E-state index in [2.05, 4.69) is 0 Å². The minimum absolute atomic E-state index is 0.0512. The molecule has 0 aromatic heterocycles. The van der Waals surface area contributed by atoms with Crippen molar-refractivity contribution in [2.24, 2.45) is 5.41 Å². The molecule has 4 rings (SSSR count). The lowest BCUT2D eigenvalue weighted by atomic mass is 9.77. The zero-order chi connectivity index (χ0) is 32.8. The molecule has 2 saturated heterocycles. The largest absolute Gasteiger partial charge is 0.416 e. The lowest BCUT2D eigenvalue weighted by molar-refractivity contribution is -0.143. The number of piperazine rings is 1. The number of fused-ring (bicyclic) bond motifs is 1. The Morgan fingerprint density at radius 2 is 1.55 bits per heavy atom. The van der Waals surface area contributed by atoms with Crippen molar-refractivity contribution in [2.45, 2.75) is 70.5 Å². The summed E-state index contributed by atoms with van der Waals surface area (Å²) in [6.45, 7) is 4.77. The van der Waals surface area contributed by atoms with Crippen molar-refractivity contribution in [3.63, 3.8) is 0 Å². The fourth-order valence-electron chi connectivity index (χ4n) is 6.70. The molecular weight excluding hydrogens is 592 g/mol. The molecule has 242 valence electrons. The van der Waals surface area contributed by atoms with E-state index in [0.29, 0.717) is 12.1 Å². The number of carbonyl (C=O) groups excluding carboxylic acids is 2. The van der Waals surface area contributed by atoms with Gasteiger partial charge in [0.2, 0.25) is 5.91 Å². The van der Waals surface area contributed by atoms with Crippen molar-refractivity contribution in [2.75, 3.05) is 33.4 Å². The molecule has 0 saturated carbocycles. The van der Waals surface area contributed by atoms with Crippen LogP contribution in [0, 0.1) is 19.3 Å². The molecule has 0 spiro atoms. The third-order valence-corrected chi connectivity index (χ3v) is 9.14. The second-order valence-electron chi connectivity index (χ2n) is 11.9. The summed E-state index contributed by atoms with van der Waals surface area (Å²) in [5.41, 5.74) is -1.75. The van der Waals surface area contributed by atoms with E-state index < -0.39 is 53.1 Å². The van der Waals surface area contributed by atoms with Gasteiger partial charge in [-0.3, -0.25) is 4.79 Å². The summed E-state index contributed by atoms with van der Waals surface area (Å²) in [5, 5.41) is 19.6. The summed E-state index contributed by atoms with van der Waals surface area (Å²) < 4.78 is 81.4. The van der Waals surface area contributed by atoms with Crippen LogP contribution < -0.4 is 0 Å². The van der Waals surface area contributed by atoms with Crippen LogP contribution >= 0.6 is 0 Å². The molecule has 0 radical (unpaired) electrons. The number of aryl methyl sites for hydroxylation is 2. The minimum Gasteiger partial charge on any atom is -0.396 e. The number of carbonyl (C=O) groups is 2. The zero-order valence-electron chi connectivity index (χ0n) is 25.0. The molecule has 2 aliphatic rings. The number of hydrogen-bond acceptors (Lipinski definition) is 4. The van der Waals surface area contributed by atoms with E-state index in [9.17, 15) is 46.1 Å². The van der Waals surface area contributed by atoms with Gasteiger partial charge in [-0.1, -0.05) is 23.8 Å². The van der Waals surface area contributed by atoms with Crippen LogP contribution in [0.25, 0.3) is 0 Å². The van der Waals surface area contributed by atoms with Crippen LogP contribution in [0.2, 0.25) is 0 Å². The Labute approximate surface area is 252 Å². The molecule has 3 unspecified atom stereocenters. The summed E-state index contributed by atoms with van der Waals surface area (Å²) in [4.78, 5) is 32.2. The second-order valence-corrected chi connectivity index (χ2v) is 11.9. The van der Waals surface area contributed by atoms with E-state index in [1.807, 2.05) is 32.0 Å². The number of aliphatic hydroxyl groups excluding tert-OH is 2. The van der Waals surface area contributed by atoms with E-state index in [4.69, 9.17) is 0 Å². The number of alkyl halides is 6. The van der Waals surface area contributed by atoms with Crippen LogP contribution in [0.15, 0.2) is 36.4 Å². The Morgan fingerprint density at radius 1 is 0.977 bits per heavy atom. The zero-order valence-corrected chi connectivity index (χ0v) is 25.0. The van der Waals surface area contributed by atoms with Gasteiger partial charge in [0.25, 0.3) is 0 Å². The molecule has 2 aromatic rings. The molecule has 13 heteroatoms. The van der Waals surface area contributed by atoms with Crippen LogP contribution in [0.4, 0.5) is 31.1 Å². The fourth-order valence-corrected chi connectivity index (χ4v) is 6.70. The SMILES string of the molecule is Cc1ccc(C2C3CC(CCO)(CCO)C(=O)N3CCN2C(=O)N(C)C(C)c2cc(C(F)(F)F)cc(C(F)(F)F)c2)c(C)c1. The van der Waals surface area contributed by atoms with Crippen molar-refractivity contribution in [1.29, 1.82) is 0 Å². The van der Waals surface area contributed by atoms with Crippen LogP contribution in [-0.4, -0.2) is 76.2 Å². The summed E-state index contributed by atoms with van der Waals surface area (Å²) in [6, 6.07) is 3.92. The standard InChI is InChI=1S/C31H37F6N3O4/c1-18-5-6-24(19(2)13-18)26-25-17-29(7-11-41,8-12-42)27(43)39(25)9-10-40(26)28(44)38(4)20(3)21-14-22(30(32,33)34)16-23(15-21)31(35,36)37/h5-6,13-16,20,25-26,41-42H,7-12,17H2,1-4H3. The smallest absolute Gasteiger partial charge is 0.396 e. The van der Waals surface area contributed by atoms with E-state index in [1.165, 1.54) is 18.9 Å². The van der Waals surface area contributed by atoms with Crippen LogP contribution in [-0.2, 0) is 17.1 Å².